The zero-order chi connectivity index (χ0) is 48.3. The minimum absolute atomic E-state index is 0.0463. The smallest absolute Gasteiger partial charge is 0.239 e. The maximum absolute atomic E-state index is 13.2. The molecule has 362 valence electrons. The predicted molar refractivity (Wildman–Crippen MR) is 263 cm³/mol. The highest BCUT2D eigenvalue weighted by Crippen LogP contribution is 2.51. The first-order chi connectivity index (χ1) is 33.8. The molecule has 5 aromatic heterocycles. The normalized spacial score (nSPS) is 21.0. The van der Waals surface area contributed by atoms with Gasteiger partial charge in [0.2, 0.25) is 17.7 Å². The fraction of sp³-hybridized carbons (Fsp3) is 0.412. The molecule has 3 unspecified atom stereocenters. The summed E-state index contributed by atoms with van der Waals surface area (Å²) < 4.78 is 9.19. The van der Waals surface area contributed by atoms with Gasteiger partial charge < -0.3 is 35.6 Å². The third-order valence-corrected chi connectivity index (χ3v) is 15.7. The Balaban J connectivity index is 0.677. The number of pyridine rings is 3. The van der Waals surface area contributed by atoms with Gasteiger partial charge in [0.05, 0.1) is 45.9 Å². The van der Waals surface area contributed by atoms with Crippen LogP contribution in [0.5, 0.6) is 0 Å². The molecule has 3 fully saturated rings. The Morgan fingerprint density at radius 3 is 2.59 bits per heavy atom. The molecule has 18 nitrogen and oxygen atoms in total. The minimum Gasteiger partial charge on any atom is -0.495 e. The molecule has 3 aliphatic heterocycles. The highest BCUT2D eigenvalue weighted by molar-refractivity contribution is 7.22. The molecule has 19 heteroatoms. The maximum Gasteiger partial charge on any atom is 0.239 e. The number of benzene rings is 1. The van der Waals surface area contributed by atoms with Crippen LogP contribution in [0.15, 0.2) is 78.7 Å². The number of aliphatic hydroxyl groups excluding tert-OH is 2. The largest absolute Gasteiger partial charge is 0.495 e. The number of hydrogen-bond acceptors (Lipinski definition) is 16. The van der Waals surface area contributed by atoms with E-state index in [1.165, 1.54) is 11.3 Å². The Hall–Kier alpha value is -6.64. The molecule has 3 atom stereocenters. The number of carbonyl (C=O) groups is 3. The molecule has 2 saturated heterocycles. The fourth-order valence-electron chi connectivity index (χ4n) is 11.0. The van der Waals surface area contributed by atoms with E-state index in [0.717, 1.165) is 76.8 Å². The highest BCUT2D eigenvalue weighted by Gasteiger charge is 2.47. The van der Waals surface area contributed by atoms with E-state index in [1.54, 1.807) is 24.0 Å². The van der Waals surface area contributed by atoms with Crippen molar-refractivity contribution in [3.63, 3.8) is 0 Å². The zero-order valence-electron chi connectivity index (χ0n) is 39.0. The Kier molecular flexibility index (Phi) is 12.2. The van der Waals surface area contributed by atoms with Crippen LogP contribution in [0.2, 0.25) is 0 Å². The number of imide groups is 1. The summed E-state index contributed by atoms with van der Waals surface area (Å²) in [6, 6.07) is 17.2. The quantitative estimate of drug-likeness (QED) is 0.0634. The number of nitrogens with one attached hydrogen (secondary N) is 3. The summed E-state index contributed by atoms with van der Waals surface area (Å²) in [5.74, 6) is 0.687. The molecule has 2 aliphatic carbocycles. The van der Waals surface area contributed by atoms with Crippen LogP contribution >= 0.6 is 11.3 Å². The number of allylic oxidation sites excluding steroid dienone is 4. The molecule has 1 saturated carbocycles. The van der Waals surface area contributed by atoms with Crippen LogP contribution in [0, 0.1) is 11.3 Å². The molecule has 11 rings (SSSR count). The number of fused-ring (bicyclic) bond motifs is 3. The number of aliphatic hydroxyl groups is 3. The molecule has 1 spiro atoms. The number of carbonyl (C=O) groups excluding carboxylic acids is 3. The van der Waals surface area contributed by atoms with Crippen molar-refractivity contribution >= 4 is 72.6 Å². The minimum atomic E-state index is -1.78. The molecule has 5 aliphatic rings. The monoisotopic (exact) mass is 965 g/mol. The van der Waals surface area contributed by atoms with Crippen LogP contribution in [0.25, 0.3) is 26.8 Å². The molecule has 1 aromatic carbocycles. The molecular weight excluding hydrogens is 911 g/mol. The van der Waals surface area contributed by atoms with E-state index in [9.17, 15) is 29.7 Å². The van der Waals surface area contributed by atoms with E-state index >= 15 is 0 Å². The first-order valence-electron chi connectivity index (χ1n) is 24.0. The summed E-state index contributed by atoms with van der Waals surface area (Å²) in [4.78, 5) is 60.3. The lowest BCUT2D eigenvalue weighted by molar-refractivity contribution is -0.134. The molecule has 6 aromatic rings. The second-order valence-electron chi connectivity index (χ2n) is 19.4. The van der Waals surface area contributed by atoms with Crippen molar-refractivity contribution in [2.24, 2.45) is 18.4 Å². The zero-order valence-corrected chi connectivity index (χ0v) is 39.8. The number of likely N-dealkylation sites (tertiary alicyclic amines) is 1. The SMILES string of the molecule is CC1CC(OC2CC3(CCN(CC(=O)Nc4ccc5c(C6CCC(=O)NC6=O)nn(C)c5n4)CC3)C2)=CC=C1c1ccc(N2CCc3ccnc(C(O)Nc4nc5ccccc5s4)c3C2)nc1C(O)O. The van der Waals surface area contributed by atoms with Gasteiger partial charge in [-0.1, -0.05) is 36.5 Å². The van der Waals surface area contributed by atoms with Gasteiger partial charge in [0.25, 0.3) is 0 Å². The predicted octanol–water partition coefficient (Wildman–Crippen LogP) is 5.74. The number of aromatic nitrogens is 6. The standard InChI is InChI=1S/C51H55N11O7S/c1-28-23-30(69-31-24-51(25-31)17-21-61(22-18-51)27-42(64)54-39-12-9-34-43(59-60(2)46(34)55-39)35-11-14-41(63)57-47(35)65)7-8-32(28)33-10-13-40(56-45(33)49(67)68)62-20-16-29-15-19-52-44(36(29)26-62)48(66)58-50-53-37-5-3-4-6-38(37)70-50/h3-10,12-13,15,19,28,31,35,48-49,66-68H,11,14,16-18,20-27H2,1-2H3,(H,53,58)(H,54,55,64)(H,57,63,65). The number of nitrogens with zero attached hydrogens (tertiary/aromatic N) is 8. The van der Waals surface area contributed by atoms with E-state index < -0.39 is 18.4 Å². The van der Waals surface area contributed by atoms with Gasteiger partial charge in [-0.05, 0) is 123 Å². The summed E-state index contributed by atoms with van der Waals surface area (Å²) in [7, 11) is 1.75. The van der Waals surface area contributed by atoms with E-state index in [2.05, 4.69) is 52.7 Å². The Morgan fingerprint density at radius 2 is 1.80 bits per heavy atom. The van der Waals surface area contributed by atoms with E-state index in [-0.39, 0.29) is 53.8 Å². The summed E-state index contributed by atoms with van der Waals surface area (Å²) >= 11 is 1.47. The van der Waals surface area contributed by atoms with Gasteiger partial charge in [-0.3, -0.25) is 34.3 Å². The van der Waals surface area contributed by atoms with Gasteiger partial charge in [-0.15, -0.1) is 0 Å². The molecule has 8 heterocycles. The third-order valence-electron chi connectivity index (χ3n) is 14.8. The van der Waals surface area contributed by atoms with Crippen molar-refractivity contribution in [1.29, 1.82) is 0 Å². The highest BCUT2D eigenvalue weighted by atomic mass is 32.1. The van der Waals surface area contributed by atoms with Gasteiger partial charge in [0.1, 0.15) is 17.3 Å². The van der Waals surface area contributed by atoms with Crippen molar-refractivity contribution in [2.45, 2.75) is 89.4 Å². The number of amides is 3. The van der Waals surface area contributed by atoms with E-state index in [0.29, 0.717) is 71.7 Å². The van der Waals surface area contributed by atoms with Crippen LogP contribution in [0.1, 0.15) is 104 Å². The first kappa shape index (κ1) is 45.8. The number of ether oxygens (including phenoxy) is 1. The first-order valence-corrected chi connectivity index (χ1v) is 24.8. The molecule has 0 bridgehead atoms. The molecule has 70 heavy (non-hydrogen) atoms. The van der Waals surface area contributed by atoms with Crippen LogP contribution in [0.4, 0.5) is 16.8 Å². The summed E-state index contributed by atoms with van der Waals surface area (Å²) in [6.45, 7) is 5.11. The van der Waals surface area contributed by atoms with E-state index in [1.807, 2.05) is 60.7 Å². The summed E-state index contributed by atoms with van der Waals surface area (Å²) in [6.07, 6.45) is 8.96. The number of thiazole rings is 1. The Bertz CT molecular complexity index is 3060. The summed E-state index contributed by atoms with van der Waals surface area (Å²) in [5.41, 5.74) is 6.55. The summed E-state index contributed by atoms with van der Waals surface area (Å²) in [5, 5.41) is 47.0. The van der Waals surface area contributed by atoms with Gasteiger partial charge in [-0.25, -0.2) is 15.0 Å². The van der Waals surface area contributed by atoms with E-state index in [4.69, 9.17) is 9.72 Å². The van der Waals surface area contributed by atoms with Crippen LogP contribution in [-0.2, 0) is 39.1 Å². The van der Waals surface area contributed by atoms with Gasteiger partial charge in [0.15, 0.2) is 23.3 Å². The molecule has 3 amide bonds. The number of anilines is 3. The van der Waals surface area contributed by atoms with Gasteiger partial charge in [0, 0.05) is 55.7 Å². The second-order valence-corrected chi connectivity index (χ2v) is 20.5. The Morgan fingerprint density at radius 1 is 0.971 bits per heavy atom. The third kappa shape index (κ3) is 9.03. The number of hydrogen-bond donors (Lipinski definition) is 6. The topological polar surface area (TPSA) is 233 Å². The van der Waals surface area contributed by atoms with Crippen LogP contribution in [0.3, 0.4) is 0 Å². The maximum atomic E-state index is 13.2. The van der Waals surface area contributed by atoms with Crippen molar-refractivity contribution < 1.29 is 34.4 Å². The lowest BCUT2D eigenvalue weighted by Crippen LogP contribution is -2.51. The Labute approximate surface area is 407 Å². The lowest BCUT2D eigenvalue weighted by atomic mass is 9.61. The molecule has 6 N–H and O–H groups in total. The average molecular weight is 966 g/mol. The van der Waals surface area contributed by atoms with Crippen LogP contribution in [-0.4, -0.2) is 99.9 Å². The van der Waals surface area contributed by atoms with Gasteiger partial charge in [-0.2, -0.15) is 5.10 Å². The molecular formula is C51H55N11O7S. The number of rotatable bonds is 12. The number of aryl methyl sites for hydroxylation is 1. The molecule has 0 radical (unpaired) electrons. The number of piperidine rings is 2. The van der Waals surface area contributed by atoms with Crippen LogP contribution < -0.4 is 20.9 Å². The second kappa shape index (κ2) is 18.6. The van der Waals surface area contributed by atoms with Crippen molar-refractivity contribution in [2.75, 3.05) is 41.7 Å². The van der Waals surface area contributed by atoms with Crippen molar-refractivity contribution in [1.82, 2.24) is 39.9 Å². The lowest BCUT2D eigenvalue weighted by Gasteiger charge is -2.52. The fourth-order valence-corrected chi connectivity index (χ4v) is 11.9. The van der Waals surface area contributed by atoms with Gasteiger partial charge >= 0.3 is 0 Å². The average Bonchev–Trinajstić information content (AvgIpc) is 3.90. The van der Waals surface area contributed by atoms with Crippen molar-refractivity contribution in [3.8, 4) is 0 Å². The number of para-hydroxylation sites is 1. The van der Waals surface area contributed by atoms with Crippen molar-refractivity contribution in [3.05, 3.63) is 112 Å².